The van der Waals surface area contributed by atoms with E-state index in [1.807, 2.05) is 41.9 Å². The molecule has 0 saturated heterocycles. The topological polar surface area (TPSA) is 148 Å². The Labute approximate surface area is 228 Å². The number of carbonyl (C=O) groups excluding carboxylic acids is 1. The standard InChI is InChI=1S/C28H27N7O5/c1-17(15-36)30-26-24-22(11-12-29-25(24)32-33-26)40-20-9-7-18(8-10-20)31-27(37)23-21-16-39-14-13-34(21)35(28(23)38)19-5-3-2-4-6-19/h2-12,17,36H,13-16H2,1H3,(H,31,37)(H2,29,30,32,33). The average Bonchev–Trinajstić information content (AvgIpc) is 3.52. The Kier molecular flexibility index (Phi) is 6.76. The van der Waals surface area contributed by atoms with Crippen LogP contribution in [0.4, 0.5) is 11.5 Å². The molecule has 0 radical (unpaired) electrons. The van der Waals surface area contributed by atoms with Crippen LogP contribution in [-0.4, -0.2) is 54.8 Å². The maximum absolute atomic E-state index is 13.4. The average molecular weight is 542 g/mol. The molecule has 4 N–H and O–H groups in total. The van der Waals surface area contributed by atoms with Gasteiger partial charge in [0.05, 0.1) is 37.7 Å². The number of aliphatic hydroxyl groups excluding tert-OH is 1. The molecule has 1 unspecified atom stereocenters. The van der Waals surface area contributed by atoms with E-state index < -0.39 is 11.5 Å². The van der Waals surface area contributed by atoms with Crippen LogP contribution in [0.5, 0.6) is 11.5 Å². The summed E-state index contributed by atoms with van der Waals surface area (Å²) in [6.45, 7) is 2.87. The van der Waals surface area contributed by atoms with Gasteiger partial charge in [-0.1, -0.05) is 18.2 Å². The molecular formula is C28H27N7O5. The molecule has 0 bridgehead atoms. The molecule has 0 spiro atoms. The monoisotopic (exact) mass is 541 g/mol. The van der Waals surface area contributed by atoms with E-state index in [9.17, 15) is 14.7 Å². The van der Waals surface area contributed by atoms with Crippen molar-refractivity contribution >= 4 is 28.4 Å². The van der Waals surface area contributed by atoms with E-state index in [4.69, 9.17) is 9.47 Å². The molecule has 2 aromatic carbocycles. The first-order valence-electron chi connectivity index (χ1n) is 12.8. The van der Waals surface area contributed by atoms with Crippen LogP contribution < -0.4 is 20.9 Å². The van der Waals surface area contributed by atoms with Crippen molar-refractivity contribution in [2.45, 2.75) is 26.1 Å². The molecule has 0 saturated carbocycles. The van der Waals surface area contributed by atoms with E-state index in [1.54, 1.807) is 36.5 Å². The molecule has 5 aromatic rings. The smallest absolute Gasteiger partial charge is 0.284 e. The summed E-state index contributed by atoms with van der Waals surface area (Å²) in [4.78, 5) is 31.0. The second-order valence-electron chi connectivity index (χ2n) is 9.36. The number of carbonyl (C=O) groups is 1. The summed E-state index contributed by atoms with van der Waals surface area (Å²) in [5, 5.41) is 23.1. The minimum Gasteiger partial charge on any atom is -0.456 e. The molecule has 1 atom stereocenters. The molecule has 40 heavy (non-hydrogen) atoms. The molecule has 0 aliphatic carbocycles. The summed E-state index contributed by atoms with van der Waals surface area (Å²) >= 11 is 0. The fraction of sp³-hybridized carbons (Fsp3) is 0.214. The third-order valence-electron chi connectivity index (χ3n) is 6.58. The SMILES string of the molecule is CC(CO)Nc1n[nH]c2nccc(Oc3ccc(NC(=O)c4c5n(n(-c6ccccc6)c4=O)CCOC5)cc3)c12. The molecule has 4 heterocycles. The fourth-order valence-corrected chi connectivity index (χ4v) is 4.66. The minimum absolute atomic E-state index is 0.0557. The van der Waals surface area contributed by atoms with Crippen molar-refractivity contribution in [3.63, 3.8) is 0 Å². The summed E-state index contributed by atoms with van der Waals surface area (Å²) in [6, 6.07) is 17.6. The van der Waals surface area contributed by atoms with Gasteiger partial charge in [-0.15, -0.1) is 0 Å². The molecule has 6 rings (SSSR count). The Morgan fingerprint density at radius 2 is 1.98 bits per heavy atom. The molecule has 12 nitrogen and oxygen atoms in total. The normalized spacial score (nSPS) is 13.6. The zero-order valence-corrected chi connectivity index (χ0v) is 21.6. The Balaban J connectivity index is 1.24. The largest absolute Gasteiger partial charge is 0.456 e. The number of amides is 1. The van der Waals surface area contributed by atoms with Gasteiger partial charge in [-0.25, -0.2) is 9.67 Å². The Hall–Kier alpha value is -4.94. The number of H-pyrrole nitrogens is 1. The van der Waals surface area contributed by atoms with Crippen LogP contribution in [0.1, 0.15) is 23.0 Å². The number of nitrogens with zero attached hydrogens (tertiary/aromatic N) is 4. The number of aromatic amines is 1. The number of aromatic nitrogens is 5. The number of ether oxygens (including phenoxy) is 2. The molecule has 1 aliphatic heterocycles. The number of fused-ring (bicyclic) bond motifs is 2. The summed E-state index contributed by atoms with van der Waals surface area (Å²) in [5.41, 5.74) is 1.92. The Morgan fingerprint density at radius 3 is 2.75 bits per heavy atom. The summed E-state index contributed by atoms with van der Waals surface area (Å²) < 4.78 is 15.0. The quantitative estimate of drug-likeness (QED) is 0.234. The lowest BCUT2D eigenvalue weighted by Crippen LogP contribution is -2.26. The molecule has 12 heteroatoms. The molecule has 204 valence electrons. The van der Waals surface area contributed by atoms with Gasteiger partial charge in [0.25, 0.3) is 11.5 Å². The predicted octanol–water partition coefficient (Wildman–Crippen LogP) is 3.28. The highest BCUT2D eigenvalue weighted by molar-refractivity contribution is 6.05. The predicted molar refractivity (Wildman–Crippen MR) is 148 cm³/mol. The third-order valence-corrected chi connectivity index (χ3v) is 6.58. The highest BCUT2D eigenvalue weighted by Gasteiger charge is 2.28. The van der Waals surface area contributed by atoms with Crippen LogP contribution in [0, 0.1) is 0 Å². The number of hydrogen-bond acceptors (Lipinski definition) is 8. The molecular weight excluding hydrogens is 514 g/mol. The van der Waals surface area contributed by atoms with Crippen molar-refractivity contribution in [2.75, 3.05) is 23.8 Å². The van der Waals surface area contributed by atoms with Crippen LogP contribution in [0.25, 0.3) is 16.7 Å². The first kappa shape index (κ1) is 25.3. The molecule has 1 amide bonds. The van der Waals surface area contributed by atoms with Crippen LogP contribution in [0.2, 0.25) is 0 Å². The lowest BCUT2D eigenvalue weighted by atomic mass is 10.2. The Bertz CT molecular complexity index is 1720. The molecule has 1 aliphatic rings. The number of hydrogen-bond donors (Lipinski definition) is 4. The van der Waals surface area contributed by atoms with Crippen LogP contribution in [0.3, 0.4) is 0 Å². The van der Waals surface area contributed by atoms with Crippen molar-refractivity contribution in [3.05, 3.63) is 88.5 Å². The van der Waals surface area contributed by atoms with Crippen molar-refractivity contribution in [2.24, 2.45) is 0 Å². The van der Waals surface area contributed by atoms with Gasteiger partial charge < -0.3 is 25.2 Å². The first-order chi connectivity index (χ1) is 19.5. The molecule has 3 aromatic heterocycles. The van der Waals surface area contributed by atoms with Gasteiger partial charge in [0, 0.05) is 24.0 Å². The lowest BCUT2D eigenvalue weighted by Gasteiger charge is -2.19. The van der Waals surface area contributed by atoms with Crippen molar-refractivity contribution in [1.82, 2.24) is 24.5 Å². The number of aliphatic hydroxyl groups is 1. The maximum Gasteiger partial charge on any atom is 0.284 e. The van der Waals surface area contributed by atoms with E-state index in [0.29, 0.717) is 58.6 Å². The van der Waals surface area contributed by atoms with Gasteiger partial charge in [0.2, 0.25) is 0 Å². The summed E-state index contributed by atoms with van der Waals surface area (Å²) in [5.74, 6) is 1.05. The molecule has 0 fully saturated rings. The van der Waals surface area contributed by atoms with Crippen molar-refractivity contribution in [1.29, 1.82) is 0 Å². The van der Waals surface area contributed by atoms with E-state index in [2.05, 4.69) is 25.8 Å². The minimum atomic E-state index is -0.509. The van der Waals surface area contributed by atoms with E-state index >= 15 is 0 Å². The van der Waals surface area contributed by atoms with Gasteiger partial charge in [-0.05, 0) is 43.3 Å². The number of pyridine rings is 1. The third kappa shape index (κ3) is 4.70. The number of anilines is 2. The highest BCUT2D eigenvalue weighted by Crippen LogP contribution is 2.33. The van der Waals surface area contributed by atoms with E-state index in [0.717, 1.165) is 0 Å². The van der Waals surface area contributed by atoms with Gasteiger partial charge in [0.1, 0.15) is 22.4 Å². The number of rotatable bonds is 8. The lowest BCUT2D eigenvalue weighted by molar-refractivity contribution is 0.0756. The number of para-hydroxylation sites is 1. The highest BCUT2D eigenvalue weighted by atomic mass is 16.5. The van der Waals surface area contributed by atoms with Gasteiger partial charge in [0.15, 0.2) is 11.5 Å². The number of nitrogens with one attached hydrogen (secondary N) is 3. The zero-order valence-electron chi connectivity index (χ0n) is 21.6. The van der Waals surface area contributed by atoms with E-state index in [-0.39, 0.29) is 24.8 Å². The van der Waals surface area contributed by atoms with Crippen molar-refractivity contribution in [3.8, 4) is 17.2 Å². The van der Waals surface area contributed by atoms with Gasteiger partial charge in [-0.2, -0.15) is 5.10 Å². The van der Waals surface area contributed by atoms with Crippen LogP contribution in [0.15, 0.2) is 71.7 Å². The van der Waals surface area contributed by atoms with Crippen LogP contribution in [-0.2, 0) is 17.9 Å². The second kappa shape index (κ2) is 10.7. The van der Waals surface area contributed by atoms with Crippen LogP contribution >= 0.6 is 0 Å². The van der Waals surface area contributed by atoms with Gasteiger partial charge in [-0.3, -0.25) is 19.4 Å². The van der Waals surface area contributed by atoms with E-state index in [1.165, 1.54) is 4.68 Å². The maximum atomic E-state index is 13.4. The van der Waals surface area contributed by atoms with Crippen molar-refractivity contribution < 1.29 is 19.4 Å². The fourth-order valence-electron chi connectivity index (χ4n) is 4.66. The van der Waals surface area contributed by atoms with Gasteiger partial charge >= 0.3 is 0 Å². The first-order valence-corrected chi connectivity index (χ1v) is 12.8. The second-order valence-corrected chi connectivity index (χ2v) is 9.36. The zero-order chi connectivity index (χ0) is 27.6. The summed E-state index contributed by atoms with van der Waals surface area (Å²) in [6.07, 6.45) is 1.61. The Morgan fingerprint density at radius 1 is 1.18 bits per heavy atom. The summed E-state index contributed by atoms with van der Waals surface area (Å²) in [7, 11) is 0. The number of benzene rings is 2.